The van der Waals surface area contributed by atoms with Crippen LogP contribution in [-0.2, 0) is 0 Å². The van der Waals surface area contributed by atoms with E-state index in [-0.39, 0.29) is 5.41 Å². The zero-order valence-corrected chi connectivity index (χ0v) is 18.6. The summed E-state index contributed by atoms with van der Waals surface area (Å²) in [6.45, 7) is 4.54. The lowest BCUT2D eigenvalue weighted by Gasteiger charge is -2.40. The van der Waals surface area contributed by atoms with Crippen LogP contribution in [0, 0.1) is 34.5 Å². The fourth-order valence-corrected chi connectivity index (χ4v) is 6.08. The Morgan fingerprint density at radius 1 is 0.704 bits per heavy atom. The van der Waals surface area contributed by atoms with Gasteiger partial charge in [-0.1, -0.05) is 90.9 Å². The Hall–Kier alpha value is -0.510. The Bertz CT molecular complexity index is 404. The average Bonchev–Trinajstić information content (AvgIpc) is 2.71. The topological polar surface area (TPSA) is 23.8 Å². The molecule has 0 spiro atoms. The molecule has 0 aromatic rings. The summed E-state index contributed by atoms with van der Waals surface area (Å²) < 4.78 is 0. The molecule has 2 aliphatic carbocycles. The van der Waals surface area contributed by atoms with Crippen molar-refractivity contribution < 1.29 is 0 Å². The predicted octanol–water partition coefficient (Wildman–Crippen LogP) is 8.82. The van der Waals surface area contributed by atoms with Crippen molar-refractivity contribution in [1.82, 2.24) is 0 Å². The van der Waals surface area contributed by atoms with Crippen molar-refractivity contribution in [3.63, 3.8) is 0 Å². The molecule has 2 aliphatic rings. The molecule has 2 rings (SSSR count). The lowest BCUT2D eigenvalue weighted by atomic mass is 9.63. The van der Waals surface area contributed by atoms with Crippen LogP contribution in [0.2, 0.25) is 0 Å². The van der Waals surface area contributed by atoms with Crippen molar-refractivity contribution in [2.24, 2.45) is 23.2 Å². The summed E-state index contributed by atoms with van der Waals surface area (Å²) in [7, 11) is 0. The summed E-state index contributed by atoms with van der Waals surface area (Å²) in [4.78, 5) is 0. The van der Waals surface area contributed by atoms with Gasteiger partial charge < -0.3 is 0 Å². The monoisotopic (exact) mass is 373 g/mol. The van der Waals surface area contributed by atoms with E-state index in [1.54, 1.807) is 0 Å². The van der Waals surface area contributed by atoms with Gasteiger partial charge in [0, 0.05) is 0 Å². The van der Waals surface area contributed by atoms with Gasteiger partial charge in [-0.2, -0.15) is 5.26 Å². The van der Waals surface area contributed by atoms with E-state index >= 15 is 0 Å². The highest BCUT2D eigenvalue weighted by Crippen LogP contribution is 2.47. The lowest BCUT2D eigenvalue weighted by molar-refractivity contribution is 0.115. The molecule has 156 valence electrons. The highest BCUT2D eigenvalue weighted by Gasteiger charge is 2.37. The van der Waals surface area contributed by atoms with Gasteiger partial charge in [-0.25, -0.2) is 0 Å². The smallest absolute Gasteiger partial charge is 0.0689 e. The zero-order valence-electron chi connectivity index (χ0n) is 18.6. The van der Waals surface area contributed by atoms with Gasteiger partial charge in [-0.3, -0.25) is 0 Å². The van der Waals surface area contributed by atoms with E-state index < -0.39 is 0 Å². The summed E-state index contributed by atoms with van der Waals surface area (Å²) in [5, 5.41) is 9.63. The molecule has 0 aromatic carbocycles. The quantitative estimate of drug-likeness (QED) is 0.313. The Balaban J connectivity index is 1.54. The number of hydrogen-bond donors (Lipinski definition) is 0. The third kappa shape index (κ3) is 7.79. The maximum absolute atomic E-state index is 9.63. The van der Waals surface area contributed by atoms with Gasteiger partial charge >= 0.3 is 0 Å². The van der Waals surface area contributed by atoms with E-state index in [0.29, 0.717) is 0 Å². The first-order valence-electron chi connectivity index (χ1n) is 12.6. The first-order valence-corrected chi connectivity index (χ1v) is 12.6. The Kier molecular flexibility index (Phi) is 10.8. The van der Waals surface area contributed by atoms with Crippen molar-refractivity contribution in [3.8, 4) is 6.07 Å². The molecular weight excluding hydrogens is 326 g/mol. The van der Waals surface area contributed by atoms with Crippen LogP contribution >= 0.6 is 0 Å². The van der Waals surface area contributed by atoms with Crippen LogP contribution in [0.3, 0.4) is 0 Å². The standard InChI is InChI=1S/C26H47N/c1-3-5-6-7-8-9-10-11-12-23-13-15-24(16-14-23)25-17-20-26(22-27,19-4-2)21-18-25/h23-25H,3-21H2,1-2H3. The normalized spacial score (nSPS) is 31.5. The van der Waals surface area contributed by atoms with Gasteiger partial charge in [-0.15, -0.1) is 0 Å². The number of nitriles is 1. The molecule has 0 N–H and O–H groups in total. The van der Waals surface area contributed by atoms with Crippen LogP contribution < -0.4 is 0 Å². The molecule has 1 heteroatoms. The summed E-state index contributed by atoms with van der Waals surface area (Å²) >= 11 is 0. The molecule has 0 atom stereocenters. The Morgan fingerprint density at radius 2 is 1.26 bits per heavy atom. The summed E-state index contributed by atoms with van der Waals surface area (Å²) in [5.74, 6) is 2.95. The van der Waals surface area contributed by atoms with E-state index in [4.69, 9.17) is 0 Å². The van der Waals surface area contributed by atoms with Crippen LogP contribution in [0.15, 0.2) is 0 Å². The zero-order chi connectivity index (χ0) is 19.4. The van der Waals surface area contributed by atoms with Gasteiger partial charge in [0.25, 0.3) is 0 Å². The average molecular weight is 374 g/mol. The van der Waals surface area contributed by atoms with Gasteiger partial charge in [0.1, 0.15) is 0 Å². The minimum Gasteiger partial charge on any atom is -0.198 e. The molecule has 1 nitrogen and oxygen atoms in total. The highest BCUT2D eigenvalue weighted by atomic mass is 14.4. The summed E-state index contributed by atoms with van der Waals surface area (Å²) in [5.41, 5.74) is 0.0407. The van der Waals surface area contributed by atoms with Crippen LogP contribution in [0.5, 0.6) is 0 Å². The third-order valence-electron chi connectivity index (χ3n) is 7.98. The third-order valence-corrected chi connectivity index (χ3v) is 7.98. The van der Waals surface area contributed by atoms with Crippen LogP contribution in [0.1, 0.15) is 136 Å². The number of hydrogen-bond acceptors (Lipinski definition) is 1. The fourth-order valence-electron chi connectivity index (χ4n) is 6.08. The van der Waals surface area contributed by atoms with Gasteiger partial charge in [0.15, 0.2) is 0 Å². The van der Waals surface area contributed by atoms with Crippen LogP contribution in [0.4, 0.5) is 0 Å². The Morgan fingerprint density at radius 3 is 1.81 bits per heavy atom. The highest BCUT2D eigenvalue weighted by molar-refractivity contribution is 5.02. The molecular formula is C26H47N. The summed E-state index contributed by atoms with van der Waals surface area (Å²) in [6.07, 6.45) is 26.4. The van der Waals surface area contributed by atoms with Crippen molar-refractivity contribution in [2.45, 2.75) is 136 Å². The van der Waals surface area contributed by atoms with Crippen molar-refractivity contribution in [1.29, 1.82) is 5.26 Å². The van der Waals surface area contributed by atoms with E-state index in [9.17, 15) is 5.26 Å². The fraction of sp³-hybridized carbons (Fsp3) is 0.962. The molecule has 0 amide bonds. The van der Waals surface area contributed by atoms with Crippen LogP contribution in [-0.4, -0.2) is 0 Å². The van der Waals surface area contributed by atoms with Crippen molar-refractivity contribution >= 4 is 0 Å². The minimum atomic E-state index is 0.0407. The summed E-state index contributed by atoms with van der Waals surface area (Å²) in [6, 6.07) is 2.70. The molecule has 0 saturated heterocycles. The van der Waals surface area contributed by atoms with Gasteiger partial charge in [0.2, 0.25) is 0 Å². The van der Waals surface area contributed by atoms with E-state index in [0.717, 1.165) is 24.2 Å². The van der Waals surface area contributed by atoms with Gasteiger partial charge in [-0.05, 0) is 62.7 Å². The molecule has 2 fully saturated rings. The maximum Gasteiger partial charge on any atom is 0.0689 e. The second-order valence-electron chi connectivity index (χ2n) is 10.0. The molecule has 0 unspecified atom stereocenters. The molecule has 0 heterocycles. The second kappa shape index (κ2) is 12.9. The molecule has 0 aliphatic heterocycles. The molecule has 0 aromatic heterocycles. The van der Waals surface area contributed by atoms with E-state index in [2.05, 4.69) is 19.9 Å². The second-order valence-corrected chi connectivity index (χ2v) is 10.0. The Labute approximate surface area is 170 Å². The number of nitrogens with zero attached hydrogens (tertiary/aromatic N) is 1. The first-order chi connectivity index (χ1) is 13.2. The lowest BCUT2D eigenvalue weighted by Crippen LogP contribution is -2.31. The molecule has 0 radical (unpaired) electrons. The predicted molar refractivity (Wildman–Crippen MR) is 118 cm³/mol. The first kappa shape index (κ1) is 22.8. The minimum absolute atomic E-state index is 0.0407. The maximum atomic E-state index is 9.63. The number of rotatable bonds is 12. The van der Waals surface area contributed by atoms with E-state index in [1.165, 1.54) is 116 Å². The molecule has 2 saturated carbocycles. The van der Waals surface area contributed by atoms with Gasteiger partial charge in [0.05, 0.1) is 11.5 Å². The molecule has 27 heavy (non-hydrogen) atoms. The van der Waals surface area contributed by atoms with Crippen molar-refractivity contribution in [3.05, 3.63) is 0 Å². The molecule has 0 bridgehead atoms. The van der Waals surface area contributed by atoms with Crippen molar-refractivity contribution in [2.75, 3.05) is 0 Å². The van der Waals surface area contributed by atoms with E-state index in [1.807, 2.05) is 0 Å². The van der Waals surface area contributed by atoms with Crippen LogP contribution in [0.25, 0.3) is 0 Å². The number of unbranched alkanes of at least 4 members (excludes halogenated alkanes) is 7. The SMILES string of the molecule is CCCCCCCCCCC1CCC(C2CCC(C#N)(CCC)CC2)CC1. The largest absolute Gasteiger partial charge is 0.198 e.